The minimum Gasteiger partial charge on any atom is -0.443 e. The Morgan fingerprint density at radius 2 is 1.54 bits per heavy atom. The number of piperidine rings is 1. The summed E-state index contributed by atoms with van der Waals surface area (Å²) in [4.78, 5) is 22.4. The quantitative estimate of drug-likeness (QED) is 0.0775. The molecule has 1 aliphatic heterocycles. The van der Waals surface area contributed by atoms with Gasteiger partial charge in [-0.1, -0.05) is 96.7 Å². The van der Waals surface area contributed by atoms with E-state index in [1.807, 2.05) is 78.6 Å². The topological polar surface area (TPSA) is 66.9 Å². The van der Waals surface area contributed by atoms with Crippen LogP contribution in [-0.4, -0.2) is 79.5 Å². The number of amides is 1. The summed E-state index contributed by atoms with van der Waals surface area (Å²) in [6, 6.07) is 34.9. The summed E-state index contributed by atoms with van der Waals surface area (Å²) < 4.78 is 12.0. The first-order chi connectivity index (χ1) is 24.5. The van der Waals surface area contributed by atoms with E-state index in [1.54, 1.807) is 0 Å². The molecule has 3 aromatic carbocycles. The lowest BCUT2D eigenvalue weighted by atomic mass is 9.93. The molecular weight excluding hydrogens is 641 g/mol. The summed E-state index contributed by atoms with van der Waals surface area (Å²) >= 11 is 1.85. The van der Waals surface area contributed by atoms with Gasteiger partial charge in [0, 0.05) is 43.3 Å². The molecule has 1 amide bonds. The summed E-state index contributed by atoms with van der Waals surface area (Å²) in [7, 11) is 2.23. The molecule has 1 aromatic heterocycles. The Morgan fingerprint density at radius 3 is 2.28 bits per heavy atom. The second-order valence-electron chi connectivity index (χ2n) is 13.5. The Hall–Kier alpha value is -3.69. The fraction of sp³-hybridized carbons (Fsp3) is 0.429. The smallest absolute Gasteiger partial charge is 0.412 e. The monoisotopic (exact) mass is 694 g/mol. The molecule has 0 radical (unpaired) electrons. The number of rotatable bonds is 19. The highest BCUT2D eigenvalue weighted by molar-refractivity contribution is 7.99. The van der Waals surface area contributed by atoms with E-state index < -0.39 is 5.60 Å². The average molecular weight is 695 g/mol. The number of hydrogen-bond donors (Lipinski definition) is 1. The van der Waals surface area contributed by atoms with Crippen molar-refractivity contribution < 1.29 is 14.3 Å². The zero-order chi connectivity index (χ0) is 34.9. The number of carbonyl (C=O) groups excluding carboxylic acids is 1. The summed E-state index contributed by atoms with van der Waals surface area (Å²) in [5.41, 5.74) is 3.71. The molecule has 4 aromatic rings. The summed E-state index contributed by atoms with van der Waals surface area (Å²) in [5, 5.41) is 4.46. The molecule has 7 nitrogen and oxygen atoms in total. The molecule has 1 unspecified atom stereocenters. The van der Waals surface area contributed by atoms with Crippen LogP contribution in [-0.2, 0) is 9.47 Å². The van der Waals surface area contributed by atoms with Gasteiger partial charge in [-0.25, -0.2) is 9.78 Å². The van der Waals surface area contributed by atoms with Crippen molar-refractivity contribution in [2.45, 2.75) is 67.7 Å². The van der Waals surface area contributed by atoms with E-state index in [2.05, 4.69) is 76.5 Å². The lowest BCUT2D eigenvalue weighted by Gasteiger charge is -2.38. The molecule has 266 valence electrons. The van der Waals surface area contributed by atoms with Gasteiger partial charge in [0.05, 0.1) is 10.7 Å². The van der Waals surface area contributed by atoms with Crippen LogP contribution in [0.4, 0.5) is 10.5 Å². The first kappa shape index (κ1) is 37.6. The zero-order valence-corrected chi connectivity index (χ0v) is 30.7. The van der Waals surface area contributed by atoms with Crippen molar-refractivity contribution in [3.05, 3.63) is 115 Å². The summed E-state index contributed by atoms with van der Waals surface area (Å²) in [6.07, 6.45) is 8.66. The first-order valence-corrected chi connectivity index (χ1v) is 19.1. The molecule has 1 atom stereocenters. The molecule has 2 heterocycles. The molecule has 0 saturated carbocycles. The van der Waals surface area contributed by atoms with Crippen LogP contribution in [0.15, 0.2) is 114 Å². The van der Waals surface area contributed by atoms with E-state index in [0.29, 0.717) is 5.25 Å². The van der Waals surface area contributed by atoms with Gasteiger partial charge in [0.15, 0.2) is 0 Å². The van der Waals surface area contributed by atoms with Crippen LogP contribution < -0.4 is 5.32 Å². The standard InChI is InChI=1S/C42H54N4O3S/c1-42(49-41(47)44-38-22-10-9-21-37(38)35-17-5-3-6-18-35)25-31-46(32-26-42)29-14-16-34-48-33-15-13-28-45(2)30-24-39(36-19-7-4-8-20-36)50-40-23-11-12-27-43-40/h3-12,17-23,27,39H,13-16,24-26,28-34H2,1-2H3,(H,44,47). The number of anilines is 1. The highest BCUT2D eigenvalue weighted by Crippen LogP contribution is 2.37. The SMILES string of the molecule is CN(CCCCOCCCCN1CCC(C)(OC(=O)Nc2ccccc2-c2ccccc2)CC1)CCC(Sc1ccccn1)c1ccccc1. The van der Waals surface area contributed by atoms with Crippen LogP contribution >= 0.6 is 11.8 Å². The zero-order valence-electron chi connectivity index (χ0n) is 29.8. The van der Waals surface area contributed by atoms with Gasteiger partial charge in [0.1, 0.15) is 5.60 Å². The van der Waals surface area contributed by atoms with E-state index in [0.717, 1.165) is 113 Å². The van der Waals surface area contributed by atoms with Gasteiger partial charge in [-0.2, -0.15) is 0 Å². The molecule has 1 N–H and O–H groups in total. The number of likely N-dealkylation sites (tertiary alicyclic amines) is 1. The van der Waals surface area contributed by atoms with Crippen molar-refractivity contribution in [3.63, 3.8) is 0 Å². The Morgan fingerprint density at radius 1 is 0.860 bits per heavy atom. The maximum absolute atomic E-state index is 12.9. The third-order valence-electron chi connectivity index (χ3n) is 9.44. The number of carbonyl (C=O) groups is 1. The highest BCUT2D eigenvalue weighted by atomic mass is 32.2. The highest BCUT2D eigenvalue weighted by Gasteiger charge is 2.33. The lowest BCUT2D eigenvalue weighted by Crippen LogP contribution is -2.46. The molecule has 5 rings (SSSR count). The molecule has 0 bridgehead atoms. The average Bonchev–Trinajstić information content (AvgIpc) is 3.14. The summed E-state index contributed by atoms with van der Waals surface area (Å²) in [6.45, 7) is 8.77. The van der Waals surface area contributed by atoms with Crippen LogP contribution in [0, 0.1) is 0 Å². The number of aromatic nitrogens is 1. The normalized spacial score (nSPS) is 15.1. The summed E-state index contributed by atoms with van der Waals surface area (Å²) in [5.74, 6) is 0. The Bertz CT molecular complexity index is 1530. The lowest BCUT2D eigenvalue weighted by molar-refractivity contribution is -0.0166. The van der Waals surface area contributed by atoms with Gasteiger partial charge in [0.2, 0.25) is 0 Å². The molecule has 1 saturated heterocycles. The second kappa shape index (κ2) is 20.2. The number of para-hydroxylation sites is 1. The van der Waals surface area contributed by atoms with E-state index >= 15 is 0 Å². The molecule has 1 aliphatic rings. The molecule has 1 fully saturated rings. The number of unbranched alkanes of at least 4 members (excludes halogenated alkanes) is 2. The van der Waals surface area contributed by atoms with Gasteiger partial charge in [-0.15, -0.1) is 0 Å². The maximum atomic E-state index is 12.9. The number of nitrogens with zero attached hydrogens (tertiary/aromatic N) is 3. The van der Waals surface area contributed by atoms with Crippen LogP contribution in [0.3, 0.4) is 0 Å². The number of thioether (sulfide) groups is 1. The third kappa shape index (κ3) is 12.6. The number of benzene rings is 3. The number of nitrogens with one attached hydrogen (secondary N) is 1. The van der Waals surface area contributed by atoms with E-state index in [-0.39, 0.29) is 6.09 Å². The minimum absolute atomic E-state index is 0.388. The minimum atomic E-state index is -0.457. The van der Waals surface area contributed by atoms with E-state index in [9.17, 15) is 4.79 Å². The maximum Gasteiger partial charge on any atom is 0.412 e. The largest absolute Gasteiger partial charge is 0.443 e. The second-order valence-corrected chi connectivity index (χ2v) is 14.7. The van der Waals surface area contributed by atoms with Gasteiger partial charge in [0.25, 0.3) is 0 Å². The molecule has 0 aliphatic carbocycles. The van der Waals surface area contributed by atoms with Crippen LogP contribution in [0.1, 0.15) is 62.7 Å². The fourth-order valence-electron chi connectivity index (χ4n) is 6.37. The predicted octanol–water partition coefficient (Wildman–Crippen LogP) is 9.58. The van der Waals surface area contributed by atoms with Crippen LogP contribution in [0.5, 0.6) is 0 Å². The molecule has 8 heteroatoms. The molecular formula is C42H54N4O3S. The number of hydrogen-bond acceptors (Lipinski definition) is 7. The van der Waals surface area contributed by atoms with Crippen molar-refractivity contribution in [3.8, 4) is 11.1 Å². The van der Waals surface area contributed by atoms with Gasteiger partial charge < -0.3 is 19.3 Å². The number of pyridine rings is 1. The van der Waals surface area contributed by atoms with Crippen molar-refractivity contribution in [2.75, 3.05) is 58.3 Å². The molecule has 0 spiro atoms. The van der Waals surface area contributed by atoms with Crippen molar-refractivity contribution in [2.24, 2.45) is 0 Å². The van der Waals surface area contributed by atoms with Gasteiger partial charge in [-0.3, -0.25) is 5.32 Å². The Balaban J connectivity index is 0.893. The van der Waals surface area contributed by atoms with Gasteiger partial charge >= 0.3 is 6.09 Å². The fourth-order valence-corrected chi connectivity index (χ4v) is 7.46. The van der Waals surface area contributed by atoms with Crippen molar-refractivity contribution in [1.82, 2.24) is 14.8 Å². The number of ether oxygens (including phenoxy) is 2. The Labute approximate surface area is 303 Å². The van der Waals surface area contributed by atoms with Crippen LogP contribution in [0.25, 0.3) is 11.1 Å². The van der Waals surface area contributed by atoms with E-state index in [4.69, 9.17) is 9.47 Å². The third-order valence-corrected chi connectivity index (χ3v) is 10.7. The molecule has 50 heavy (non-hydrogen) atoms. The van der Waals surface area contributed by atoms with E-state index in [1.165, 1.54) is 5.56 Å². The Kier molecular flexibility index (Phi) is 15.2. The van der Waals surface area contributed by atoms with Crippen molar-refractivity contribution >= 4 is 23.5 Å². The van der Waals surface area contributed by atoms with Crippen LogP contribution in [0.2, 0.25) is 0 Å². The first-order valence-electron chi connectivity index (χ1n) is 18.2. The van der Waals surface area contributed by atoms with Crippen molar-refractivity contribution in [1.29, 1.82) is 0 Å². The predicted molar refractivity (Wildman–Crippen MR) is 207 cm³/mol. The van der Waals surface area contributed by atoms with Gasteiger partial charge in [-0.05, 0) is 108 Å².